The Morgan fingerprint density at radius 3 is 3.05 bits per heavy atom. The molecule has 0 amide bonds. The summed E-state index contributed by atoms with van der Waals surface area (Å²) in [5.74, 6) is 0.197. The minimum absolute atomic E-state index is 0.149. The normalized spacial score (nSPS) is 21.1. The van der Waals surface area contributed by atoms with Gasteiger partial charge in [-0.1, -0.05) is 17.3 Å². The number of benzene rings is 1. The summed E-state index contributed by atoms with van der Waals surface area (Å²) in [6, 6.07) is 7.31. The summed E-state index contributed by atoms with van der Waals surface area (Å²) in [4.78, 5) is 15.1. The maximum atomic E-state index is 10.8. The minimum atomic E-state index is -0.814. The maximum Gasteiger partial charge on any atom is 0.307 e. The third kappa shape index (κ3) is 2.16. The number of methoxy groups -OCH3 is 1. The number of hydrogen-bond acceptors (Lipinski definition) is 5. The van der Waals surface area contributed by atoms with Crippen LogP contribution in [0.25, 0.3) is 11.4 Å². The number of hydrogen-bond donors (Lipinski definition) is 1. The van der Waals surface area contributed by atoms with Gasteiger partial charge in [-0.15, -0.1) is 0 Å². The molecular weight excluding hydrogens is 248 g/mol. The fourth-order valence-corrected chi connectivity index (χ4v) is 2.01. The Bertz CT molecular complexity index is 623. The van der Waals surface area contributed by atoms with Gasteiger partial charge in [0.15, 0.2) is 0 Å². The van der Waals surface area contributed by atoms with Crippen molar-refractivity contribution < 1.29 is 19.2 Å². The third-order valence-corrected chi connectivity index (χ3v) is 3.19. The first-order valence-corrected chi connectivity index (χ1v) is 5.90. The number of ether oxygens (including phenoxy) is 1. The van der Waals surface area contributed by atoms with E-state index in [1.807, 2.05) is 18.2 Å². The van der Waals surface area contributed by atoms with E-state index in [4.69, 9.17) is 14.4 Å². The van der Waals surface area contributed by atoms with Crippen molar-refractivity contribution in [1.29, 1.82) is 0 Å². The highest BCUT2D eigenvalue weighted by Gasteiger charge is 2.48. The fourth-order valence-electron chi connectivity index (χ4n) is 2.01. The first-order valence-electron chi connectivity index (χ1n) is 5.90. The van der Waals surface area contributed by atoms with Crippen LogP contribution in [-0.4, -0.2) is 28.3 Å². The van der Waals surface area contributed by atoms with Crippen LogP contribution in [0.5, 0.6) is 5.75 Å². The maximum absolute atomic E-state index is 10.8. The molecule has 98 valence electrons. The van der Waals surface area contributed by atoms with Crippen molar-refractivity contribution in [2.75, 3.05) is 7.11 Å². The van der Waals surface area contributed by atoms with Crippen molar-refractivity contribution in [1.82, 2.24) is 10.1 Å². The first kappa shape index (κ1) is 11.7. The average molecular weight is 260 g/mol. The summed E-state index contributed by atoms with van der Waals surface area (Å²) in [5, 5.41) is 12.8. The number of rotatable bonds is 4. The molecule has 1 fully saturated rings. The second kappa shape index (κ2) is 4.38. The molecule has 0 radical (unpaired) electrons. The molecule has 2 aromatic rings. The van der Waals surface area contributed by atoms with Crippen LogP contribution >= 0.6 is 0 Å². The topological polar surface area (TPSA) is 85.5 Å². The van der Waals surface area contributed by atoms with Crippen molar-refractivity contribution in [3.63, 3.8) is 0 Å². The van der Waals surface area contributed by atoms with Gasteiger partial charge in [0.25, 0.3) is 0 Å². The molecule has 0 aliphatic heterocycles. The monoisotopic (exact) mass is 260 g/mol. The summed E-state index contributed by atoms with van der Waals surface area (Å²) >= 11 is 0. The van der Waals surface area contributed by atoms with Gasteiger partial charge >= 0.3 is 5.97 Å². The summed E-state index contributed by atoms with van der Waals surface area (Å²) in [5.41, 5.74) is 0.780. The first-order chi connectivity index (χ1) is 9.19. The Balaban J connectivity index is 1.83. The van der Waals surface area contributed by atoms with Gasteiger partial charge in [0.2, 0.25) is 11.7 Å². The summed E-state index contributed by atoms with van der Waals surface area (Å²) in [6.07, 6.45) is 0.565. The lowest BCUT2D eigenvalue weighted by molar-refractivity contribution is -0.138. The van der Waals surface area contributed by atoms with Crippen LogP contribution in [0.3, 0.4) is 0 Å². The van der Waals surface area contributed by atoms with Crippen LogP contribution < -0.4 is 4.74 Å². The van der Waals surface area contributed by atoms with Gasteiger partial charge in [-0.2, -0.15) is 4.98 Å². The average Bonchev–Trinajstić information content (AvgIpc) is 3.09. The molecule has 19 heavy (non-hydrogen) atoms. The zero-order chi connectivity index (χ0) is 13.4. The van der Waals surface area contributed by atoms with E-state index in [-0.39, 0.29) is 5.92 Å². The molecule has 1 N–H and O–H groups in total. The van der Waals surface area contributed by atoms with Crippen LogP contribution in [-0.2, 0) is 4.79 Å². The van der Waals surface area contributed by atoms with Gasteiger partial charge in [0.1, 0.15) is 5.75 Å². The molecule has 6 heteroatoms. The molecular formula is C13H12N2O4. The van der Waals surface area contributed by atoms with E-state index in [2.05, 4.69) is 10.1 Å². The third-order valence-electron chi connectivity index (χ3n) is 3.19. The summed E-state index contributed by atoms with van der Waals surface area (Å²) in [7, 11) is 1.59. The van der Waals surface area contributed by atoms with E-state index in [1.165, 1.54) is 0 Å². The minimum Gasteiger partial charge on any atom is -0.497 e. The van der Waals surface area contributed by atoms with Crippen molar-refractivity contribution in [3.8, 4) is 17.1 Å². The van der Waals surface area contributed by atoms with Crippen LogP contribution in [0.2, 0.25) is 0 Å². The van der Waals surface area contributed by atoms with E-state index in [1.54, 1.807) is 13.2 Å². The van der Waals surface area contributed by atoms with Crippen LogP contribution in [0, 0.1) is 5.92 Å². The fraction of sp³-hybridized carbons (Fsp3) is 0.308. The molecule has 1 aromatic carbocycles. The Morgan fingerprint density at radius 1 is 1.53 bits per heavy atom. The lowest BCUT2D eigenvalue weighted by atomic mass is 10.2. The molecule has 0 bridgehead atoms. The number of carboxylic acid groups (broad SMARTS) is 1. The van der Waals surface area contributed by atoms with Gasteiger partial charge in [-0.05, 0) is 18.6 Å². The van der Waals surface area contributed by atoms with E-state index >= 15 is 0 Å². The van der Waals surface area contributed by atoms with Gasteiger partial charge in [0.05, 0.1) is 18.9 Å². The molecule has 2 atom stereocenters. The summed E-state index contributed by atoms with van der Waals surface area (Å²) < 4.78 is 10.3. The number of carbonyl (C=O) groups is 1. The van der Waals surface area contributed by atoms with Gasteiger partial charge in [-0.3, -0.25) is 4.79 Å². The summed E-state index contributed by atoms with van der Waals surface area (Å²) in [6.45, 7) is 0. The number of aliphatic carboxylic acids is 1. The molecule has 6 nitrogen and oxygen atoms in total. The lowest BCUT2D eigenvalue weighted by Crippen LogP contribution is -1.98. The van der Waals surface area contributed by atoms with E-state index in [9.17, 15) is 4.79 Å². The smallest absolute Gasteiger partial charge is 0.307 e. The molecule has 2 unspecified atom stereocenters. The lowest BCUT2D eigenvalue weighted by Gasteiger charge is -1.99. The molecule has 1 aromatic heterocycles. The SMILES string of the molecule is COc1cccc(-c2noc(C3CC3C(=O)O)n2)c1. The van der Waals surface area contributed by atoms with Crippen LogP contribution in [0.1, 0.15) is 18.2 Å². The number of carboxylic acids is 1. The molecule has 0 spiro atoms. The van der Waals surface area contributed by atoms with Crippen molar-refractivity contribution in [2.24, 2.45) is 5.92 Å². The van der Waals surface area contributed by atoms with Crippen LogP contribution in [0.4, 0.5) is 0 Å². The second-order valence-corrected chi connectivity index (χ2v) is 4.48. The highest BCUT2D eigenvalue weighted by atomic mass is 16.5. The zero-order valence-corrected chi connectivity index (χ0v) is 10.2. The van der Waals surface area contributed by atoms with Gasteiger partial charge in [-0.25, -0.2) is 0 Å². The largest absolute Gasteiger partial charge is 0.497 e. The predicted molar refractivity (Wildman–Crippen MR) is 64.8 cm³/mol. The van der Waals surface area contributed by atoms with Gasteiger partial charge in [0, 0.05) is 5.56 Å². The Kier molecular flexibility index (Phi) is 2.70. The predicted octanol–water partition coefficient (Wildman–Crippen LogP) is 1.93. The van der Waals surface area contributed by atoms with Crippen molar-refractivity contribution in [2.45, 2.75) is 12.3 Å². The quantitative estimate of drug-likeness (QED) is 0.904. The van der Waals surface area contributed by atoms with E-state index in [0.717, 1.165) is 5.56 Å². The molecule has 1 saturated carbocycles. The Labute approximate surface area is 109 Å². The highest BCUT2D eigenvalue weighted by Crippen LogP contribution is 2.47. The Morgan fingerprint density at radius 2 is 2.37 bits per heavy atom. The molecule has 1 aliphatic carbocycles. The number of aromatic nitrogens is 2. The Hall–Kier alpha value is -2.37. The van der Waals surface area contributed by atoms with Crippen LogP contribution in [0.15, 0.2) is 28.8 Å². The molecule has 1 aliphatic rings. The second-order valence-electron chi connectivity index (χ2n) is 4.48. The molecule has 1 heterocycles. The zero-order valence-electron chi connectivity index (χ0n) is 10.2. The van der Waals surface area contributed by atoms with Crippen molar-refractivity contribution in [3.05, 3.63) is 30.2 Å². The molecule has 0 saturated heterocycles. The van der Waals surface area contributed by atoms with Gasteiger partial charge < -0.3 is 14.4 Å². The van der Waals surface area contributed by atoms with Crippen molar-refractivity contribution >= 4 is 5.97 Å². The van der Waals surface area contributed by atoms with E-state index < -0.39 is 11.9 Å². The number of nitrogens with zero attached hydrogens (tertiary/aromatic N) is 2. The molecule has 3 rings (SSSR count). The standard InChI is InChI=1S/C13H12N2O4/c1-18-8-4-2-3-7(5-8)11-14-12(19-15-11)9-6-10(9)13(16)17/h2-5,9-10H,6H2,1H3,(H,16,17). The van der Waals surface area contributed by atoms with E-state index in [0.29, 0.717) is 23.9 Å². The highest BCUT2D eigenvalue weighted by molar-refractivity contribution is 5.74.